The van der Waals surface area contributed by atoms with Crippen molar-refractivity contribution in [2.75, 3.05) is 4.90 Å². The van der Waals surface area contributed by atoms with Crippen molar-refractivity contribution >= 4 is 45.2 Å². The van der Waals surface area contributed by atoms with Gasteiger partial charge >= 0.3 is 0 Å². The van der Waals surface area contributed by atoms with Crippen LogP contribution in [0.1, 0.15) is 22.0 Å². The fourth-order valence-corrected chi connectivity index (χ4v) is 4.99. The zero-order valence-corrected chi connectivity index (χ0v) is 17.6. The van der Waals surface area contributed by atoms with E-state index in [-0.39, 0.29) is 11.3 Å². The predicted molar refractivity (Wildman–Crippen MR) is 124 cm³/mol. The van der Waals surface area contributed by atoms with Gasteiger partial charge in [0.25, 0.3) is 11.7 Å². The van der Waals surface area contributed by atoms with Crippen molar-refractivity contribution in [3.8, 4) is 0 Å². The SMILES string of the molecule is Cc1cccc(N2C(=O)C(=O)/C(=C(\O)c3cccc4ccccc34)C2c2cccs2)c1. The van der Waals surface area contributed by atoms with E-state index in [9.17, 15) is 14.7 Å². The zero-order valence-electron chi connectivity index (χ0n) is 16.8. The molecule has 5 heteroatoms. The van der Waals surface area contributed by atoms with Gasteiger partial charge in [0.1, 0.15) is 11.8 Å². The van der Waals surface area contributed by atoms with Crippen molar-refractivity contribution in [1.82, 2.24) is 0 Å². The lowest BCUT2D eigenvalue weighted by molar-refractivity contribution is -0.132. The fourth-order valence-electron chi connectivity index (χ4n) is 4.17. The maximum Gasteiger partial charge on any atom is 0.300 e. The quantitative estimate of drug-likeness (QED) is 0.255. The van der Waals surface area contributed by atoms with Crippen LogP contribution >= 0.6 is 11.3 Å². The summed E-state index contributed by atoms with van der Waals surface area (Å²) in [5, 5.41) is 15.1. The summed E-state index contributed by atoms with van der Waals surface area (Å²) in [5.74, 6) is -1.46. The number of aryl methyl sites for hydroxylation is 1. The van der Waals surface area contributed by atoms with Crippen LogP contribution in [0.3, 0.4) is 0 Å². The molecular weight excluding hydrogens is 406 g/mol. The molecule has 2 heterocycles. The fraction of sp³-hybridized carbons (Fsp3) is 0.0769. The molecule has 0 aliphatic carbocycles. The van der Waals surface area contributed by atoms with Crippen LogP contribution < -0.4 is 4.90 Å². The third kappa shape index (κ3) is 3.14. The van der Waals surface area contributed by atoms with Crippen LogP contribution in [0.5, 0.6) is 0 Å². The van der Waals surface area contributed by atoms with E-state index in [1.807, 2.05) is 85.1 Å². The van der Waals surface area contributed by atoms with Crippen LogP contribution in [-0.2, 0) is 9.59 Å². The summed E-state index contributed by atoms with van der Waals surface area (Å²) >= 11 is 1.46. The minimum Gasteiger partial charge on any atom is -0.507 e. The number of Topliss-reactive ketones (excluding diaryl/α,β-unsaturated/α-hetero) is 1. The Bertz CT molecular complexity index is 1350. The summed E-state index contributed by atoms with van der Waals surface area (Å²) in [4.78, 5) is 28.7. The summed E-state index contributed by atoms with van der Waals surface area (Å²) in [6.07, 6.45) is 0. The Morgan fingerprint density at radius 1 is 0.935 bits per heavy atom. The van der Waals surface area contributed by atoms with Crippen LogP contribution in [-0.4, -0.2) is 16.8 Å². The van der Waals surface area contributed by atoms with Gasteiger partial charge in [0.05, 0.1) is 5.57 Å². The van der Waals surface area contributed by atoms with Crippen molar-refractivity contribution in [2.45, 2.75) is 13.0 Å². The normalized spacial score (nSPS) is 18.1. The maximum atomic E-state index is 13.2. The monoisotopic (exact) mass is 425 g/mol. The first kappa shape index (κ1) is 19.3. The van der Waals surface area contributed by atoms with E-state index >= 15 is 0 Å². The number of nitrogens with zero attached hydrogens (tertiary/aromatic N) is 1. The Morgan fingerprint density at radius 2 is 1.71 bits per heavy atom. The first-order valence-electron chi connectivity index (χ1n) is 9.95. The van der Waals surface area contributed by atoms with Gasteiger partial charge in [-0.05, 0) is 46.8 Å². The molecule has 1 aliphatic rings. The molecule has 152 valence electrons. The van der Waals surface area contributed by atoms with Crippen LogP contribution in [0, 0.1) is 6.92 Å². The molecule has 1 fully saturated rings. The standard InChI is InChI=1S/C26H19NO3S/c1-16-7-4-10-18(15-16)27-23(21-13-6-14-31-21)22(25(29)26(27)30)24(28)20-12-5-9-17-8-2-3-11-19(17)20/h2-15,23,28H,1H3/b24-22-. The molecule has 4 aromatic rings. The maximum absolute atomic E-state index is 13.2. The number of hydrogen-bond acceptors (Lipinski definition) is 4. The lowest BCUT2D eigenvalue weighted by Crippen LogP contribution is -2.29. The van der Waals surface area contributed by atoms with Gasteiger partial charge in [-0.1, -0.05) is 60.7 Å². The third-order valence-corrected chi connectivity index (χ3v) is 6.51. The smallest absolute Gasteiger partial charge is 0.300 e. The number of carbonyl (C=O) groups excluding carboxylic acids is 2. The number of amides is 1. The number of rotatable bonds is 3. The average Bonchev–Trinajstić information content (AvgIpc) is 3.40. The number of benzene rings is 3. The molecule has 31 heavy (non-hydrogen) atoms. The van der Waals surface area contributed by atoms with Crippen molar-refractivity contribution < 1.29 is 14.7 Å². The molecule has 1 aromatic heterocycles. The molecule has 1 atom stereocenters. The summed E-state index contributed by atoms with van der Waals surface area (Å²) in [5.41, 5.74) is 2.28. The number of aliphatic hydroxyl groups excluding tert-OH is 1. The van der Waals surface area contributed by atoms with Crippen LogP contribution in [0.15, 0.2) is 89.8 Å². The molecular formula is C26H19NO3S. The Labute approximate surface area is 183 Å². The summed E-state index contributed by atoms with van der Waals surface area (Å²) in [7, 11) is 0. The van der Waals surface area contributed by atoms with Gasteiger partial charge in [0, 0.05) is 16.1 Å². The molecule has 1 aliphatic heterocycles. The topological polar surface area (TPSA) is 57.6 Å². The number of anilines is 1. The molecule has 5 rings (SSSR count). The van der Waals surface area contributed by atoms with Crippen molar-refractivity contribution in [3.63, 3.8) is 0 Å². The van der Waals surface area contributed by atoms with Crippen molar-refractivity contribution in [2.24, 2.45) is 0 Å². The van der Waals surface area contributed by atoms with E-state index in [1.54, 1.807) is 6.07 Å². The van der Waals surface area contributed by atoms with Gasteiger partial charge in [-0.25, -0.2) is 0 Å². The number of fused-ring (bicyclic) bond motifs is 1. The molecule has 0 bridgehead atoms. The second-order valence-electron chi connectivity index (χ2n) is 7.55. The zero-order chi connectivity index (χ0) is 21.5. The number of carbonyl (C=O) groups is 2. The molecule has 0 saturated carbocycles. The molecule has 1 amide bonds. The van der Waals surface area contributed by atoms with E-state index < -0.39 is 17.7 Å². The number of aliphatic hydroxyl groups is 1. The number of thiophene rings is 1. The minimum absolute atomic E-state index is 0.116. The Balaban J connectivity index is 1.77. The van der Waals surface area contributed by atoms with Crippen molar-refractivity contribution in [1.29, 1.82) is 0 Å². The Morgan fingerprint density at radius 3 is 2.48 bits per heavy atom. The highest BCUT2D eigenvalue weighted by Crippen LogP contribution is 2.44. The van der Waals surface area contributed by atoms with Gasteiger partial charge in [0.2, 0.25) is 0 Å². The molecule has 0 spiro atoms. The molecule has 1 unspecified atom stereocenters. The van der Waals surface area contributed by atoms with Crippen molar-refractivity contribution in [3.05, 3.63) is 106 Å². The summed E-state index contributed by atoms with van der Waals surface area (Å²) in [6.45, 7) is 1.94. The van der Waals surface area contributed by atoms with Gasteiger partial charge in [-0.2, -0.15) is 0 Å². The van der Waals surface area contributed by atoms with Gasteiger partial charge < -0.3 is 5.11 Å². The highest BCUT2D eigenvalue weighted by atomic mass is 32.1. The molecule has 1 N–H and O–H groups in total. The second-order valence-corrected chi connectivity index (χ2v) is 8.53. The second kappa shape index (κ2) is 7.52. The van der Waals surface area contributed by atoms with Gasteiger partial charge in [0.15, 0.2) is 0 Å². The largest absolute Gasteiger partial charge is 0.507 e. The van der Waals surface area contributed by atoms with Gasteiger partial charge in [-0.3, -0.25) is 14.5 Å². The van der Waals surface area contributed by atoms with E-state index in [0.29, 0.717) is 11.3 Å². The Hall–Kier alpha value is -3.70. The molecule has 1 saturated heterocycles. The van der Waals surface area contributed by atoms with E-state index in [4.69, 9.17) is 0 Å². The highest BCUT2D eigenvalue weighted by Gasteiger charge is 2.47. The number of hydrogen-bond donors (Lipinski definition) is 1. The highest BCUT2D eigenvalue weighted by molar-refractivity contribution is 7.10. The van der Waals surface area contributed by atoms with Crippen LogP contribution in [0.2, 0.25) is 0 Å². The third-order valence-electron chi connectivity index (χ3n) is 5.58. The molecule has 0 radical (unpaired) electrons. The molecule has 4 nitrogen and oxygen atoms in total. The first-order chi connectivity index (χ1) is 15.1. The summed E-state index contributed by atoms with van der Waals surface area (Å²) in [6, 6.07) is 23.8. The lowest BCUT2D eigenvalue weighted by atomic mass is 9.96. The first-order valence-corrected chi connectivity index (χ1v) is 10.8. The summed E-state index contributed by atoms with van der Waals surface area (Å²) < 4.78 is 0. The minimum atomic E-state index is -0.680. The average molecular weight is 426 g/mol. The Kier molecular flexibility index (Phi) is 4.68. The van der Waals surface area contributed by atoms with Crippen LogP contribution in [0.4, 0.5) is 5.69 Å². The number of ketones is 1. The lowest BCUT2D eigenvalue weighted by Gasteiger charge is -2.24. The van der Waals surface area contributed by atoms with Gasteiger partial charge in [-0.15, -0.1) is 11.3 Å². The van der Waals surface area contributed by atoms with E-state index in [0.717, 1.165) is 21.2 Å². The van der Waals surface area contributed by atoms with Crippen LogP contribution in [0.25, 0.3) is 16.5 Å². The predicted octanol–water partition coefficient (Wildman–Crippen LogP) is 5.84. The molecule has 3 aromatic carbocycles. The van der Waals surface area contributed by atoms with E-state index in [1.165, 1.54) is 16.2 Å². The van der Waals surface area contributed by atoms with E-state index in [2.05, 4.69) is 0 Å².